The van der Waals surface area contributed by atoms with Gasteiger partial charge in [0.25, 0.3) is 0 Å². The Balaban J connectivity index is 1.76. The van der Waals surface area contributed by atoms with Crippen LogP contribution in [0.3, 0.4) is 0 Å². The minimum absolute atomic E-state index is 0.514. The van der Waals surface area contributed by atoms with Crippen molar-refractivity contribution < 1.29 is 0 Å². The third kappa shape index (κ3) is 2.90. The SMILES string of the molecule is CCN(CC1CCCN1)C(C)c1cc2ccccc2s1. The number of likely N-dealkylation sites (N-methyl/N-ethyl adjacent to an activating group) is 1. The van der Waals surface area contributed by atoms with Crippen LogP contribution in [0.15, 0.2) is 30.3 Å². The standard InChI is InChI=1S/C17H24N2S/c1-3-19(12-15-8-6-10-18-15)13(2)17-11-14-7-4-5-9-16(14)20-17/h4-5,7,9,11,13,15,18H,3,6,8,10,12H2,1-2H3. The second kappa shape index (κ2) is 6.25. The average Bonchev–Trinajstić information content (AvgIpc) is 3.12. The fraction of sp³-hybridized carbons (Fsp3) is 0.529. The van der Waals surface area contributed by atoms with Crippen molar-refractivity contribution in [1.29, 1.82) is 0 Å². The highest BCUT2D eigenvalue weighted by Gasteiger charge is 2.22. The molecule has 1 aromatic carbocycles. The van der Waals surface area contributed by atoms with Gasteiger partial charge in [0.2, 0.25) is 0 Å². The molecule has 1 fully saturated rings. The maximum Gasteiger partial charge on any atom is 0.0414 e. The number of nitrogens with zero attached hydrogens (tertiary/aromatic N) is 1. The number of thiophene rings is 1. The highest BCUT2D eigenvalue weighted by molar-refractivity contribution is 7.19. The fourth-order valence-electron chi connectivity index (χ4n) is 3.14. The summed E-state index contributed by atoms with van der Waals surface area (Å²) in [5, 5.41) is 5.00. The van der Waals surface area contributed by atoms with E-state index in [0.717, 1.165) is 6.54 Å². The van der Waals surface area contributed by atoms with E-state index >= 15 is 0 Å². The van der Waals surface area contributed by atoms with E-state index in [-0.39, 0.29) is 0 Å². The first-order chi connectivity index (χ1) is 9.78. The lowest BCUT2D eigenvalue weighted by Gasteiger charge is -2.29. The monoisotopic (exact) mass is 288 g/mol. The van der Waals surface area contributed by atoms with Crippen LogP contribution in [0.4, 0.5) is 0 Å². The molecule has 0 saturated carbocycles. The maximum atomic E-state index is 3.62. The molecule has 2 nitrogen and oxygen atoms in total. The summed E-state index contributed by atoms with van der Waals surface area (Å²) in [5.41, 5.74) is 0. The van der Waals surface area contributed by atoms with E-state index in [1.807, 2.05) is 11.3 Å². The minimum atomic E-state index is 0.514. The smallest absolute Gasteiger partial charge is 0.0414 e. The first-order valence-corrected chi connectivity index (χ1v) is 8.55. The lowest BCUT2D eigenvalue weighted by Crippen LogP contribution is -2.38. The molecule has 20 heavy (non-hydrogen) atoms. The van der Waals surface area contributed by atoms with E-state index in [0.29, 0.717) is 12.1 Å². The van der Waals surface area contributed by atoms with E-state index in [2.05, 4.69) is 54.4 Å². The molecule has 0 spiro atoms. The van der Waals surface area contributed by atoms with Crippen LogP contribution in [0.2, 0.25) is 0 Å². The third-order valence-corrected chi connectivity index (χ3v) is 5.71. The summed E-state index contributed by atoms with van der Waals surface area (Å²) in [6.45, 7) is 8.11. The van der Waals surface area contributed by atoms with E-state index in [9.17, 15) is 0 Å². The molecule has 1 N–H and O–H groups in total. The van der Waals surface area contributed by atoms with E-state index in [1.165, 1.54) is 40.9 Å². The van der Waals surface area contributed by atoms with Crippen molar-refractivity contribution in [3.63, 3.8) is 0 Å². The Hall–Kier alpha value is -0.900. The molecule has 3 heteroatoms. The van der Waals surface area contributed by atoms with Crippen molar-refractivity contribution in [3.8, 4) is 0 Å². The number of hydrogen-bond acceptors (Lipinski definition) is 3. The van der Waals surface area contributed by atoms with Gasteiger partial charge in [-0.25, -0.2) is 0 Å². The molecular weight excluding hydrogens is 264 g/mol. The van der Waals surface area contributed by atoms with Crippen LogP contribution < -0.4 is 5.32 Å². The molecule has 1 aromatic heterocycles. The summed E-state index contributed by atoms with van der Waals surface area (Å²) in [5.74, 6) is 0. The van der Waals surface area contributed by atoms with Crippen LogP contribution >= 0.6 is 11.3 Å². The van der Waals surface area contributed by atoms with Crippen molar-refractivity contribution >= 4 is 21.4 Å². The van der Waals surface area contributed by atoms with Crippen molar-refractivity contribution in [2.24, 2.45) is 0 Å². The highest BCUT2D eigenvalue weighted by atomic mass is 32.1. The average molecular weight is 288 g/mol. The van der Waals surface area contributed by atoms with Gasteiger partial charge in [-0.05, 0) is 50.4 Å². The Morgan fingerprint density at radius 1 is 1.40 bits per heavy atom. The topological polar surface area (TPSA) is 15.3 Å². The van der Waals surface area contributed by atoms with Gasteiger partial charge in [0, 0.05) is 28.2 Å². The Morgan fingerprint density at radius 3 is 2.95 bits per heavy atom. The predicted octanol–water partition coefficient (Wildman–Crippen LogP) is 4.04. The quantitative estimate of drug-likeness (QED) is 0.893. The Labute approximate surface area is 125 Å². The number of rotatable bonds is 5. The minimum Gasteiger partial charge on any atom is -0.313 e. The van der Waals surface area contributed by atoms with E-state index < -0.39 is 0 Å². The number of benzene rings is 1. The van der Waals surface area contributed by atoms with Crippen LogP contribution in [-0.4, -0.2) is 30.6 Å². The van der Waals surface area contributed by atoms with Gasteiger partial charge < -0.3 is 5.32 Å². The summed E-state index contributed by atoms with van der Waals surface area (Å²) in [6.07, 6.45) is 2.66. The van der Waals surface area contributed by atoms with Gasteiger partial charge in [-0.2, -0.15) is 0 Å². The molecule has 2 heterocycles. The van der Waals surface area contributed by atoms with Gasteiger partial charge in [0.1, 0.15) is 0 Å². The molecule has 108 valence electrons. The molecule has 0 aliphatic carbocycles. The van der Waals surface area contributed by atoms with E-state index in [1.54, 1.807) is 0 Å². The van der Waals surface area contributed by atoms with Crippen molar-refractivity contribution in [1.82, 2.24) is 10.2 Å². The lowest BCUT2D eigenvalue weighted by molar-refractivity contribution is 0.205. The fourth-order valence-corrected chi connectivity index (χ4v) is 4.30. The molecular formula is C17H24N2S. The molecule has 2 aromatic rings. The van der Waals surface area contributed by atoms with Crippen LogP contribution in [0, 0.1) is 0 Å². The Morgan fingerprint density at radius 2 is 2.25 bits per heavy atom. The maximum absolute atomic E-state index is 3.62. The van der Waals surface area contributed by atoms with Gasteiger partial charge >= 0.3 is 0 Å². The van der Waals surface area contributed by atoms with Crippen molar-refractivity contribution in [2.45, 2.75) is 38.8 Å². The van der Waals surface area contributed by atoms with Crippen LogP contribution in [0.1, 0.15) is 37.6 Å². The summed E-state index contributed by atoms with van der Waals surface area (Å²) in [7, 11) is 0. The third-order valence-electron chi connectivity index (χ3n) is 4.43. The summed E-state index contributed by atoms with van der Waals surface area (Å²) < 4.78 is 1.41. The molecule has 0 bridgehead atoms. The molecule has 3 rings (SSSR count). The predicted molar refractivity (Wildman–Crippen MR) is 88.5 cm³/mol. The van der Waals surface area contributed by atoms with Crippen molar-refractivity contribution in [2.75, 3.05) is 19.6 Å². The second-order valence-corrected chi connectivity index (χ2v) is 6.86. The summed E-state index contributed by atoms with van der Waals surface area (Å²) in [4.78, 5) is 4.10. The van der Waals surface area contributed by atoms with Crippen LogP contribution in [0.5, 0.6) is 0 Å². The van der Waals surface area contributed by atoms with Gasteiger partial charge in [-0.3, -0.25) is 4.90 Å². The van der Waals surface area contributed by atoms with E-state index in [4.69, 9.17) is 0 Å². The second-order valence-electron chi connectivity index (χ2n) is 5.74. The van der Waals surface area contributed by atoms with Gasteiger partial charge in [-0.1, -0.05) is 25.1 Å². The molecule has 2 atom stereocenters. The first kappa shape index (κ1) is 14.1. The zero-order valence-electron chi connectivity index (χ0n) is 12.4. The van der Waals surface area contributed by atoms with Gasteiger partial charge in [0.05, 0.1) is 0 Å². The molecule has 0 amide bonds. The summed E-state index contributed by atoms with van der Waals surface area (Å²) >= 11 is 1.94. The molecule has 1 aliphatic heterocycles. The highest BCUT2D eigenvalue weighted by Crippen LogP contribution is 2.32. The lowest BCUT2D eigenvalue weighted by atomic mass is 10.1. The van der Waals surface area contributed by atoms with Crippen LogP contribution in [-0.2, 0) is 0 Å². The number of hydrogen-bond donors (Lipinski definition) is 1. The normalized spacial score (nSPS) is 20.9. The molecule has 2 unspecified atom stereocenters. The number of fused-ring (bicyclic) bond motifs is 1. The Bertz CT molecular complexity index is 524. The largest absolute Gasteiger partial charge is 0.313 e. The first-order valence-electron chi connectivity index (χ1n) is 7.74. The Kier molecular flexibility index (Phi) is 4.39. The van der Waals surface area contributed by atoms with Crippen molar-refractivity contribution in [3.05, 3.63) is 35.2 Å². The molecule has 0 radical (unpaired) electrons. The molecule has 1 saturated heterocycles. The van der Waals surface area contributed by atoms with Gasteiger partial charge in [0.15, 0.2) is 0 Å². The van der Waals surface area contributed by atoms with Crippen LogP contribution in [0.25, 0.3) is 10.1 Å². The molecule has 1 aliphatic rings. The number of nitrogens with one attached hydrogen (secondary N) is 1. The zero-order valence-corrected chi connectivity index (χ0v) is 13.2. The van der Waals surface area contributed by atoms with Gasteiger partial charge in [-0.15, -0.1) is 11.3 Å². The zero-order chi connectivity index (χ0) is 13.9. The summed E-state index contributed by atoms with van der Waals surface area (Å²) in [6, 6.07) is 12.3.